The standard InChI is InChI=1S/C29H31N3O5S/c1-5-6-7-24-26(31(4)21-11-8-19(2)9-12-21)27(34)28(29(35)30-24)38(36,37)23-15-13-22(14-16-23)32-18-20(3)10-17-25(32)33/h8-18H,5-7H2,1-4H3,(H2,30,34,35). The van der Waals surface area contributed by atoms with Gasteiger partial charge < -0.3 is 15.0 Å². The Morgan fingerprint density at radius 2 is 1.55 bits per heavy atom. The average molecular weight is 534 g/mol. The number of anilines is 2. The van der Waals surface area contributed by atoms with Crippen molar-refractivity contribution in [3.05, 3.63) is 104 Å². The summed E-state index contributed by atoms with van der Waals surface area (Å²) in [6, 6.07) is 16.3. The first-order valence-electron chi connectivity index (χ1n) is 12.4. The molecule has 2 aromatic carbocycles. The van der Waals surface area contributed by atoms with Crippen molar-refractivity contribution in [2.45, 2.75) is 49.8 Å². The molecule has 0 spiro atoms. The van der Waals surface area contributed by atoms with Crippen LogP contribution in [0.4, 0.5) is 11.4 Å². The Bertz CT molecular complexity index is 1690. The van der Waals surface area contributed by atoms with Crippen LogP contribution in [0.5, 0.6) is 5.75 Å². The number of hydrogen-bond donors (Lipinski definition) is 2. The second kappa shape index (κ2) is 10.7. The molecular formula is C29H31N3O5S. The molecule has 0 bridgehead atoms. The van der Waals surface area contributed by atoms with Crippen molar-refractivity contribution in [1.82, 2.24) is 9.55 Å². The SMILES string of the molecule is CCCCc1[nH]c(=O)c(S(=O)(=O)c2ccc(-n3cc(C)ccc3=O)cc2)c(O)c1N(C)c1ccc(C)cc1. The van der Waals surface area contributed by atoms with E-state index in [9.17, 15) is 23.1 Å². The predicted octanol–water partition coefficient (Wildman–Crippen LogP) is 4.79. The molecule has 0 atom stereocenters. The molecule has 0 fully saturated rings. The minimum absolute atomic E-state index is 0.173. The summed E-state index contributed by atoms with van der Waals surface area (Å²) in [5.74, 6) is -0.595. The molecule has 38 heavy (non-hydrogen) atoms. The summed E-state index contributed by atoms with van der Waals surface area (Å²) < 4.78 is 28.7. The van der Waals surface area contributed by atoms with Crippen LogP contribution in [-0.2, 0) is 16.3 Å². The maximum atomic E-state index is 13.7. The third-order valence-electron chi connectivity index (χ3n) is 6.49. The molecule has 9 heteroatoms. The van der Waals surface area contributed by atoms with Crippen LogP contribution in [0.25, 0.3) is 5.69 Å². The third kappa shape index (κ3) is 5.15. The van der Waals surface area contributed by atoms with Crippen LogP contribution < -0.4 is 16.0 Å². The summed E-state index contributed by atoms with van der Waals surface area (Å²) in [7, 11) is -2.69. The van der Waals surface area contributed by atoms with E-state index in [1.807, 2.05) is 45.0 Å². The highest BCUT2D eigenvalue weighted by Crippen LogP contribution is 2.39. The minimum atomic E-state index is -4.41. The zero-order chi connectivity index (χ0) is 27.6. The maximum Gasteiger partial charge on any atom is 0.271 e. The van der Waals surface area contributed by atoms with E-state index in [-0.39, 0.29) is 16.1 Å². The van der Waals surface area contributed by atoms with Gasteiger partial charge in [-0.15, -0.1) is 0 Å². The normalized spacial score (nSPS) is 11.5. The van der Waals surface area contributed by atoms with Crippen LogP contribution in [0, 0.1) is 13.8 Å². The number of aromatic hydroxyl groups is 1. The van der Waals surface area contributed by atoms with E-state index < -0.39 is 26.0 Å². The lowest BCUT2D eigenvalue weighted by atomic mass is 10.1. The molecule has 0 saturated carbocycles. The third-order valence-corrected chi connectivity index (χ3v) is 8.29. The van der Waals surface area contributed by atoms with E-state index >= 15 is 0 Å². The number of aromatic nitrogens is 2. The molecule has 2 aromatic heterocycles. The van der Waals surface area contributed by atoms with Crippen LogP contribution in [-0.4, -0.2) is 30.1 Å². The van der Waals surface area contributed by atoms with Gasteiger partial charge >= 0.3 is 0 Å². The molecule has 8 nitrogen and oxygen atoms in total. The van der Waals surface area contributed by atoms with Gasteiger partial charge in [0.1, 0.15) is 5.69 Å². The van der Waals surface area contributed by atoms with E-state index in [1.165, 1.54) is 34.9 Å². The van der Waals surface area contributed by atoms with E-state index in [1.54, 1.807) is 24.2 Å². The molecule has 0 radical (unpaired) electrons. The summed E-state index contributed by atoms with van der Waals surface area (Å²) in [6.45, 7) is 5.81. The number of unbranched alkanes of at least 4 members (excludes halogenated alkanes) is 1. The number of benzene rings is 2. The Labute approximate surface area is 221 Å². The highest BCUT2D eigenvalue weighted by atomic mass is 32.2. The number of aromatic amines is 1. The summed E-state index contributed by atoms with van der Waals surface area (Å²) in [5, 5.41) is 11.3. The molecule has 2 heterocycles. The Morgan fingerprint density at radius 3 is 2.18 bits per heavy atom. The van der Waals surface area contributed by atoms with Crippen molar-refractivity contribution in [3.8, 4) is 11.4 Å². The fourth-order valence-corrected chi connectivity index (χ4v) is 5.73. The van der Waals surface area contributed by atoms with Crippen molar-refractivity contribution < 1.29 is 13.5 Å². The van der Waals surface area contributed by atoms with Gasteiger partial charge in [0.15, 0.2) is 10.6 Å². The second-order valence-electron chi connectivity index (χ2n) is 9.37. The highest BCUT2D eigenvalue weighted by molar-refractivity contribution is 7.91. The first-order valence-corrected chi connectivity index (χ1v) is 13.9. The number of nitrogens with zero attached hydrogens (tertiary/aromatic N) is 2. The Morgan fingerprint density at radius 1 is 0.921 bits per heavy atom. The van der Waals surface area contributed by atoms with Crippen LogP contribution >= 0.6 is 0 Å². The number of nitrogens with one attached hydrogen (secondary N) is 1. The van der Waals surface area contributed by atoms with E-state index in [4.69, 9.17) is 0 Å². The average Bonchev–Trinajstić information content (AvgIpc) is 2.88. The molecule has 2 N–H and O–H groups in total. The van der Waals surface area contributed by atoms with Crippen LogP contribution in [0.15, 0.2) is 86.2 Å². The zero-order valence-electron chi connectivity index (χ0n) is 21.9. The van der Waals surface area contributed by atoms with Crippen LogP contribution in [0.2, 0.25) is 0 Å². The molecule has 0 saturated heterocycles. The van der Waals surface area contributed by atoms with Gasteiger partial charge in [0.05, 0.1) is 4.90 Å². The summed E-state index contributed by atoms with van der Waals surface area (Å²) in [6.07, 6.45) is 3.72. The van der Waals surface area contributed by atoms with Crippen LogP contribution in [0.3, 0.4) is 0 Å². The lowest BCUT2D eigenvalue weighted by Crippen LogP contribution is -2.24. The summed E-state index contributed by atoms with van der Waals surface area (Å²) in [5.41, 5.74) is 2.69. The second-order valence-corrected chi connectivity index (χ2v) is 11.3. The van der Waals surface area contributed by atoms with E-state index in [0.29, 0.717) is 17.8 Å². The molecule has 0 unspecified atom stereocenters. The van der Waals surface area contributed by atoms with Gasteiger partial charge in [-0.05, 0) is 68.7 Å². The van der Waals surface area contributed by atoms with Crippen molar-refractivity contribution >= 4 is 21.2 Å². The first kappa shape index (κ1) is 26.9. The Balaban J connectivity index is 1.84. The molecular weight excluding hydrogens is 502 g/mol. The molecule has 0 aliphatic rings. The number of aryl methyl sites for hydroxylation is 3. The van der Waals surface area contributed by atoms with Crippen molar-refractivity contribution in [2.75, 3.05) is 11.9 Å². The van der Waals surface area contributed by atoms with Gasteiger partial charge in [-0.25, -0.2) is 8.42 Å². The smallest absolute Gasteiger partial charge is 0.271 e. The van der Waals surface area contributed by atoms with Gasteiger partial charge in [0.25, 0.3) is 11.1 Å². The number of pyridine rings is 2. The highest BCUT2D eigenvalue weighted by Gasteiger charge is 2.30. The number of H-pyrrole nitrogens is 1. The molecule has 0 aliphatic heterocycles. The topological polar surface area (TPSA) is 112 Å². The number of rotatable bonds is 8. The van der Waals surface area contributed by atoms with Gasteiger partial charge in [-0.2, -0.15) is 0 Å². The zero-order valence-corrected chi connectivity index (χ0v) is 22.7. The lowest BCUT2D eigenvalue weighted by Gasteiger charge is -2.25. The Hall–Kier alpha value is -4.11. The molecule has 4 rings (SSSR count). The van der Waals surface area contributed by atoms with Crippen molar-refractivity contribution in [1.29, 1.82) is 0 Å². The quantitative estimate of drug-likeness (QED) is 0.337. The van der Waals surface area contributed by atoms with E-state index in [2.05, 4.69) is 4.98 Å². The number of hydrogen-bond acceptors (Lipinski definition) is 6. The largest absolute Gasteiger partial charge is 0.504 e. The summed E-state index contributed by atoms with van der Waals surface area (Å²) in [4.78, 5) is 28.9. The Kier molecular flexibility index (Phi) is 7.59. The van der Waals surface area contributed by atoms with Crippen molar-refractivity contribution in [2.24, 2.45) is 0 Å². The van der Waals surface area contributed by atoms with Crippen molar-refractivity contribution in [3.63, 3.8) is 0 Å². The molecule has 198 valence electrons. The van der Waals surface area contributed by atoms with Gasteiger partial charge in [0, 0.05) is 36.4 Å². The first-order chi connectivity index (χ1) is 18.0. The fourth-order valence-electron chi connectivity index (χ4n) is 4.35. The predicted molar refractivity (Wildman–Crippen MR) is 149 cm³/mol. The minimum Gasteiger partial charge on any atom is -0.504 e. The number of sulfone groups is 1. The fraction of sp³-hybridized carbons (Fsp3) is 0.241. The van der Waals surface area contributed by atoms with Gasteiger partial charge in [-0.3, -0.25) is 14.2 Å². The van der Waals surface area contributed by atoms with Crippen LogP contribution in [0.1, 0.15) is 36.6 Å². The van der Waals surface area contributed by atoms with Gasteiger partial charge in [-0.1, -0.05) is 37.1 Å². The lowest BCUT2D eigenvalue weighted by molar-refractivity contribution is 0.455. The molecule has 0 amide bonds. The molecule has 0 aliphatic carbocycles. The summed E-state index contributed by atoms with van der Waals surface area (Å²) >= 11 is 0. The monoisotopic (exact) mass is 533 g/mol. The molecule has 4 aromatic rings. The maximum absolute atomic E-state index is 13.7. The van der Waals surface area contributed by atoms with E-state index in [0.717, 1.165) is 29.7 Å². The van der Waals surface area contributed by atoms with Gasteiger partial charge in [0.2, 0.25) is 9.84 Å².